The number of piperidine rings is 1. The van der Waals surface area contributed by atoms with Crippen LogP contribution in [-0.2, 0) is 20.2 Å². The number of aromatic nitrogens is 1. The molecule has 2 aliphatic heterocycles. The number of hydrogen-bond donors (Lipinski definition) is 0. The van der Waals surface area contributed by atoms with Gasteiger partial charge in [0, 0.05) is 37.2 Å². The monoisotopic (exact) mass is 397 g/mol. The van der Waals surface area contributed by atoms with Gasteiger partial charge in [-0.2, -0.15) is 5.06 Å². The van der Waals surface area contributed by atoms with Gasteiger partial charge in [-0.15, -0.1) is 0 Å². The molecule has 0 aliphatic carbocycles. The van der Waals surface area contributed by atoms with Crippen molar-refractivity contribution >= 4 is 12.0 Å². The molecule has 0 N–H and O–H groups in total. The van der Waals surface area contributed by atoms with Crippen LogP contribution in [0.2, 0.25) is 0 Å². The van der Waals surface area contributed by atoms with E-state index < -0.39 is 35.1 Å². The van der Waals surface area contributed by atoms with Crippen molar-refractivity contribution in [1.29, 1.82) is 0 Å². The highest BCUT2D eigenvalue weighted by Crippen LogP contribution is 2.40. The van der Waals surface area contributed by atoms with Gasteiger partial charge in [0.05, 0.1) is 12.8 Å². The third-order valence-electron chi connectivity index (χ3n) is 4.82. The smallest absolute Gasteiger partial charge is 0.410 e. The first kappa shape index (κ1) is 20.4. The molecular formula is C19H25F2N3O4. The fourth-order valence-electron chi connectivity index (χ4n) is 3.40. The van der Waals surface area contributed by atoms with Crippen molar-refractivity contribution in [1.82, 2.24) is 14.9 Å². The highest BCUT2D eigenvalue weighted by atomic mass is 19.1. The van der Waals surface area contributed by atoms with E-state index in [2.05, 4.69) is 4.98 Å². The van der Waals surface area contributed by atoms with Crippen LogP contribution in [0.5, 0.6) is 0 Å². The molecular weight excluding hydrogens is 372 g/mol. The lowest BCUT2D eigenvalue weighted by Gasteiger charge is -2.36. The Labute approximate surface area is 162 Å². The molecule has 2 amide bonds. The fraction of sp³-hybridized carbons (Fsp3) is 0.632. The highest BCUT2D eigenvalue weighted by Gasteiger charge is 2.50. The Balaban J connectivity index is 1.65. The van der Waals surface area contributed by atoms with E-state index in [1.165, 1.54) is 6.20 Å². The zero-order valence-corrected chi connectivity index (χ0v) is 16.3. The first-order valence-corrected chi connectivity index (χ1v) is 9.35. The summed E-state index contributed by atoms with van der Waals surface area (Å²) in [5.41, 5.74) is -0.649. The van der Waals surface area contributed by atoms with Crippen LogP contribution in [0, 0.1) is 11.7 Å². The molecule has 2 aliphatic rings. The van der Waals surface area contributed by atoms with E-state index in [1.54, 1.807) is 25.7 Å². The molecule has 0 radical (unpaired) electrons. The Bertz CT molecular complexity index is 747. The number of likely N-dealkylation sites (tertiary alicyclic amines) is 1. The molecule has 1 unspecified atom stereocenters. The lowest BCUT2D eigenvalue weighted by atomic mass is 9.94. The Hall–Kier alpha value is -2.29. The van der Waals surface area contributed by atoms with Gasteiger partial charge >= 0.3 is 6.09 Å². The molecule has 9 heteroatoms. The maximum absolute atomic E-state index is 15.6. The maximum atomic E-state index is 15.6. The van der Waals surface area contributed by atoms with E-state index in [9.17, 15) is 14.0 Å². The molecule has 154 valence electrons. The van der Waals surface area contributed by atoms with Crippen LogP contribution in [0.3, 0.4) is 0 Å². The minimum absolute atomic E-state index is 0.00943. The van der Waals surface area contributed by atoms with Gasteiger partial charge in [0.25, 0.3) is 5.91 Å². The van der Waals surface area contributed by atoms with Gasteiger partial charge in [0.15, 0.2) is 0 Å². The summed E-state index contributed by atoms with van der Waals surface area (Å²) < 4.78 is 34.4. The van der Waals surface area contributed by atoms with E-state index in [0.717, 1.165) is 17.3 Å². The van der Waals surface area contributed by atoms with Crippen LogP contribution < -0.4 is 0 Å². The number of ether oxygens (including phenoxy) is 1. The minimum Gasteiger partial charge on any atom is -0.444 e. The molecule has 3 rings (SSSR count). The zero-order chi connectivity index (χ0) is 20.5. The van der Waals surface area contributed by atoms with Crippen LogP contribution in [0.4, 0.5) is 13.6 Å². The first-order valence-electron chi connectivity index (χ1n) is 9.35. The van der Waals surface area contributed by atoms with E-state index in [1.807, 2.05) is 0 Å². The van der Waals surface area contributed by atoms with Gasteiger partial charge in [-0.3, -0.25) is 14.6 Å². The molecule has 28 heavy (non-hydrogen) atoms. The summed E-state index contributed by atoms with van der Waals surface area (Å²) in [5.74, 6) is -3.94. The van der Waals surface area contributed by atoms with Crippen molar-refractivity contribution in [3.05, 3.63) is 29.8 Å². The molecule has 0 saturated carbocycles. The zero-order valence-electron chi connectivity index (χ0n) is 16.3. The van der Waals surface area contributed by atoms with E-state index in [-0.39, 0.29) is 18.6 Å². The number of amides is 2. The number of hydrogen-bond acceptors (Lipinski definition) is 5. The van der Waals surface area contributed by atoms with Crippen molar-refractivity contribution in [3.8, 4) is 0 Å². The van der Waals surface area contributed by atoms with Gasteiger partial charge in [-0.25, -0.2) is 13.6 Å². The molecule has 0 spiro atoms. The Morgan fingerprint density at radius 2 is 1.96 bits per heavy atom. The number of alkyl halides is 1. The maximum Gasteiger partial charge on any atom is 0.410 e. The molecule has 7 nitrogen and oxygen atoms in total. The van der Waals surface area contributed by atoms with Crippen molar-refractivity contribution in [2.45, 2.75) is 51.4 Å². The average Bonchev–Trinajstić information content (AvgIpc) is 3.03. The third-order valence-corrected chi connectivity index (χ3v) is 4.82. The summed E-state index contributed by atoms with van der Waals surface area (Å²) in [6.45, 7) is 6.03. The summed E-state index contributed by atoms with van der Waals surface area (Å²) in [6, 6.07) is 1.02. The summed E-state index contributed by atoms with van der Waals surface area (Å²) in [4.78, 5) is 35.5. The number of rotatable bonds is 2. The van der Waals surface area contributed by atoms with Crippen molar-refractivity contribution in [2.75, 3.05) is 19.7 Å². The molecule has 0 aromatic carbocycles. The molecule has 1 aromatic rings. The standard InChI is InChI=1S/C19H25F2N3O4/c1-18(2,3)28-17(26)23-7-4-13(5-8-23)16(25)24-19(21,6-9-27-24)14-10-15(20)12-22-11-14/h10-13H,4-9H2,1-3H3. The Morgan fingerprint density at radius 1 is 1.29 bits per heavy atom. The molecule has 1 aromatic heterocycles. The predicted octanol–water partition coefficient (Wildman–Crippen LogP) is 3.15. The highest BCUT2D eigenvalue weighted by molar-refractivity contribution is 5.79. The largest absolute Gasteiger partial charge is 0.444 e. The second-order valence-electron chi connectivity index (χ2n) is 8.11. The molecule has 2 fully saturated rings. The second kappa shape index (κ2) is 7.62. The summed E-state index contributed by atoms with van der Waals surface area (Å²) in [5, 5.41) is 0.719. The quantitative estimate of drug-likeness (QED) is 0.717. The van der Waals surface area contributed by atoms with E-state index >= 15 is 4.39 Å². The predicted molar refractivity (Wildman–Crippen MR) is 94.9 cm³/mol. The molecule has 3 heterocycles. The van der Waals surface area contributed by atoms with Gasteiger partial charge in [-0.1, -0.05) is 0 Å². The van der Waals surface area contributed by atoms with Gasteiger partial charge in [0.2, 0.25) is 5.79 Å². The van der Waals surface area contributed by atoms with Crippen LogP contribution in [0.1, 0.15) is 45.6 Å². The van der Waals surface area contributed by atoms with Crippen molar-refractivity contribution in [3.63, 3.8) is 0 Å². The van der Waals surface area contributed by atoms with Gasteiger partial charge in [-0.05, 0) is 39.7 Å². The summed E-state index contributed by atoms with van der Waals surface area (Å²) in [7, 11) is 0. The number of hydroxylamine groups is 2. The number of nitrogens with zero attached hydrogens (tertiary/aromatic N) is 3. The summed E-state index contributed by atoms with van der Waals surface area (Å²) >= 11 is 0. The van der Waals surface area contributed by atoms with E-state index in [0.29, 0.717) is 25.9 Å². The van der Waals surface area contributed by atoms with Crippen molar-refractivity contribution in [2.24, 2.45) is 5.92 Å². The van der Waals surface area contributed by atoms with Gasteiger partial charge < -0.3 is 9.64 Å². The Kier molecular flexibility index (Phi) is 5.56. The van der Waals surface area contributed by atoms with E-state index in [4.69, 9.17) is 9.57 Å². The third kappa shape index (κ3) is 4.24. The van der Waals surface area contributed by atoms with Crippen molar-refractivity contribution < 1.29 is 27.9 Å². The first-order chi connectivity index (χ1) is 13.1. The topological polar surface area (TPSA) is 72.0 Å². The lowest BCUT2D eigenvalue weighted by molar-refractivity contribution is -0.219. The second-order valence-corrected chi connectivity index (χ2v) is 8.11. The number of carbonyl (C=O) groups is 2. The summed E-state index contributed by atoms with van der Waals surface area (Å²) in [6.07, 6.45) is 2.39. The minimum atomic E-state index is -2.26. The van der Waals surface area contributed by atoms with Crippen LogP contribution >= 0.6 is 0 Å². The SMILES string of the molecule is CC(C)(C)OC(=O)N1CCC(C(=O)N2OCCC2(F)c2cncc(F)c2)CC1. The molecule has 0 bridgehead atoms. The Morgan fingerprint density at radius 3 is 2.57 bits per heavy atom. The number of halogens is 2. The van der Waals surface area contributed by atoms with Crippen LogP contribution in [0.25, 0.3) is 0 Å². The lowest BCUT2D eigenvalue weighted by Crippen LogP contribution is -2.48. The normalized spacial score (nSPS) is 23.8. The molecule has 2 saturated heterocycles. The number of carbonyl (C=O) groups excluding carboxylic acids is 2. The molecule has 1 atom stereocenters. The van der Waals surface area contributed by atoms with Crippen LogP contribution in [0.15, 0.2) is 18.5 Å². The fourth-order valence-corrected chi connectivity index (χ4v) is 3.40. The average molecular weight is 397 g/mol. The van der Waals surface area contributed by atoms with Crippen LogP contribution in [-0.4, -0.2) is 52.2 Å². The number of pyridine rings is 1. The van der Waals surface area contributed by atoms with Gasteiger partial charge in [0.1, 0.15) is 11.4 Å².